The van der Waals surface area contributed by atoms with Gasteiger partial charge in [0.15, 0.2) is 11.5 Å². The SMILES string of the molecule is COc1cc2ncc(C(N)=O)c(NC3CCN(C(=O)CC#N)C3)c2cc1OC. The second-order valence-electron chi connectivity index (χ2n) is 6.44. The van der Waals surface area contributed by atoms with E-state index in [0.717, 1.165) is 0 Å². The van der Waals surface area contributed by atoms with Gasteiger partial charge in [-0.2, -0.15) is 5.26 Å². The molecule has 1 aliphatic heterocycles. The van der Waals surface area contributed by atoms with Gasteiger partial charge >= 0.3 is 0 Å². The Morgan fingerprint density at radius 3 is 2.71 bits per heavy atom. The summed E-state index contributed by atoms with van der Waals surface area (Å²) in [6.07, 6.45) is 1.97. The van der Waals surface area contributed by atoms with Crippen molar-refractivity contribution < 1.29 is 19.1 Å². The molecule has 0 radical (unpaired) electrons. The molecule has 0 aliphatic carbocycles. The van der Waals surface area contributed by atoms with Gasteiger partial charge in [0.1, 0.15) is 6.42 Å². The lowest BCUT2D eigenvalue weighted by Crippen LogP contribution is -2.31. The van der Waals surface area contributed by atoms with Crippen LogP contribution >= 0.6 is 0 Å². The zero-order chi connectivity index (χ0) is 20.3. The topological polar surface area (TPSA) is 131 Å². The highest BCUT2D eigenvalue weighted by atomic mass is 16.5. The Bertz CT molecular complexity index is 969. The van der Waals surface area contributed by atoms with Crippen molar-refractivity contribution in [3.8, 4) is 17.6 Å². The van der Waals surface area contributed by atoms with E-state index >= 15 is 0 Å². The van der Waals surface area contributed by atoms with Gasteiger partial charge in [-0.3, -0.25) is 14.6 Å². The van der Waals surface area contributed by atoms with Crippen LogP contribution in [0.1, 0.15) is 23.2 Å². The van der Waals surface area contributed by atoms with Gasteiger partial charge in [0, 0.05) is 36.8 Å². The Kier molecular flexibility index (Phi) is 5.49. The van der Waals surface area contributed by atoms with Gasteiger partial charge < -0.3 is 25.4 Å². The van der Waals surface area contributed by atoms with Gasteiger partial charge in [-0.05, 0) is 12.5 Å². The summed E-state index contributed by atoms with van der Waals surface area (Å²) in [6.45, 7) is 0.986. The fourth-order valence-electron chi connectivity index (χ4n) is 3.35. The van der Waals surface area contributed by atoms with Crippen molar-refractivity contribution in [3.05, 3.63) is 23.9 Å². The molecule has 146 valence electrons. The maximum atomic E-state index is 12.0. The molecule has 3 rings (SSSR count). The van der Waals surface area contributed by atoms with E-state index in [-0.39, 0.29) is 23.9 Å². The zero-order valence-electron chi connectivity index (χ0n) is 15.7. The van der Waals surface area contributed by atoms with E-state index in [0.29, 0.717) is 47.6 Å². The minimum absolute atomic E-state index is 0.0839. The van der Waals surface area contributed by atoms with E-state index < -0.39 is 5.91 Å². The molecule has 1 aromatic carbocycles. The van der Waals surface area contributed by atoms with Crippen LogP contribution in [-0.2, 0) is 4.79 Å². The standard InChI is InChI=1S/C19H21N5O4/c1-27-15-7-12-14(8-16(15)28-2)22-9-13(19(21)26)18(12)23-11-4-6-24(10-11)17(25)3-5-20/h7-9,11H,3-4,6,10H2,1-2H3,(H2,21,26)(H,22,23). The minimum Gasteiger partial charge on any atom is -0.493 e. The van der Waals surface area contributed by atoms with Crippen LogP contribution < -0.4 is 20.5 Å². The van der Waals surface area contributed by atoms with Crippen LogP contribution in [0.15, 0.2) is 18.3 Å². The summed E-state index contributed by atoms with van der Waals surface area (Å²) in [5.41, 5.74) is 6.95. The minimum atomic E-state index is -0.609. The fraction of sp³-hybridized carbons (Fsp3) is 0.368. The van der Waals surface area contributed by atoms with Gasteiger partial charge in [0.05, 0.1) is 37.1 Å². The first-order chi connectivity index (χ1) is 13.5. The van der Waals surface area contributed by atoms with Crippen LogP contribution in [0.5, 0.6) is 11.5 Å². The van der Waals surface area contributed by atoms with Crippen molar-refractivity contribution in [3.63, 3.8) is 0 Å². The molecule has 0 spiro atoms. The summed E-state index contributed by atoms with van der Waals surface area (Å²) in [7, 11) is 3.06. The molecule has 3 N–H and O–H groups in total. The van der Waals surface area contributed by atoms with E-state index in [1.807, 2.05) is 6.07 Å². The van der Waals surface area contributed by atoms with Crippen LogP contribution in [0.4, 0.5) is 5.69 Å². The highest BCUT2D eigenvalue weighted by Crippen LogP contribution is 2.36. The van der Waals surface area contributed by atoms with E-state index in [1.54, 1.807) is 17.0 Å². The maximum absolute atomic E-state index is 12.0. The van der Waals surface area contributed by atoms with Crippen LogP contribution in [0, 0.1) is 11.3 Å². The first kappa shape index (κ1) is 19.2. The first-order valence-electron chi connectivity index (χ1n) is 8.74. The molecule has 9 heteroatoms. The Balaban J connectivity index is 1.99. The molecule has 9 nitrogen and oxygen atoms in total. The lowest BCUT2D eigenvalue weighted by atomic mass is 10.1. The van der Waals surface area contributed by atoms with Gasteiger partial charge in [0.2, 0.25) is 5.91 Å². The third kappa shape index (κ3) is 3.62. The summed E-state index contributed by atoms with van der Waals surface area (Å²) in [5.74, 6) is 0.211. The molecule has 1 atom stereocenters. The Morgan fingerprint density at radius 2 is 2.07 bits per heavy atom. The number of anilines is 1. The number of primary amides is 1. The number of pyridine rings is 1. The van der Waals surface area contributed by atoms with Crippen LogP contribution in [0.3, 0.4) is 0 Å². The molecule has 2 heterocycles. The fourth-order valence-corrected chi connectivity index (χ4v) is 3.35. The molecule has 1 aliphatic rings. The monoisotopic (exact) mass is 383 g/mol. The van der Waals surface area contributed by atoms with Gasteiger partial charge in [-0.1, -0.05) is 0 Å². The number of hydrogen-bond acceptors (Lipinski definition) is 7. The predicted octanol–water partition coefficient (Wildman–Crippen LogP) is 1.28. The summed E-state index contributed by atoms with van der Waals surface area (Å²) in [4.78, 5) is 29.9. The van der Waals surface area contributed by atoms with Crippen molar-refractivity contribution in [1.82, 2.24) is 9.88 Å². The second kappa shape index (κ2) is 8.00. The summed E-state index contributed by atoms with van der Waals surface area (Å²) in [5, 5.41) is 12.7. The van der Waals surface area contributed by atoms with Crippen molar-refractivity contribution >= 4 is 28.4 Å². The number of methoxy groups -OCH3 is 2. The number of rotatable bonds is 6. The number of carbonyl (C=O) groups excluding carboxylic acids is 2. The number of nitrogens with one attached hydrogen (secondary N) is 1. The molecular weight excluding hydrogens is 362 g/mol. The molecule has 0 saturated carbocycles. The quantitative estimate of drug-likeness (QED) is 0.768. The lowest BCUT2D eigenvalue weighted by molar-refractivity contribution is -0.129. The number of nitrogens with zero attached hydrogens (tertiary/aromatic N) is 3. The largest absolute Gasteiger partial charge is 0.493 e. The first-order valence-corrected chi connectivity index (χ1v) is 8.74. The number of nitriles is 1. The second-order valence-corrected chi connectivity index (χ2v) is 6.44. The van der Waals surface area contributed by atoms with Crippen LogP contribution in [-0.4, -0.2) is 55.0 Å². The molecule has 1 saturated heterocycles. The zero-order valence-corrected chi connectivity index (χ0v) is 15.7. The molecular formula is C19H21N5O4. The maximum Gasteiger partial charge on any atom is 0.252 e. The van der Waals surface area contributed by atoms with E-state index in [4.69, 9.17) is 20.5 Å². The normalized spacial score (nSPS) is 15.9. The van der Waals surface area contributed by atoms with E-state index in [1.165, 1.54) is 20.4 Å². The van der Waals surface area contributed by atoms with Crippen molar-refractivity contribution in [1.29, 1.82) is 5.26 Å². The number of benzene rings is 1. The van der Waals surface area contributed by atoms with Gasteiger partial charge in [-0.15, -0.1) is 0 Å². The molecule has 28 heavy (non-hydrogen) atoms. The third-order valence-electron chi connectivity index (χ3n) is 4.76. The van der Waals surface area contributed by atoms with Gasteiger partial charge in [-0.25, -0.2) is 0 Å². The number of likely N-dealkylation sites (tertiary alicyclic amines) is 1. The average Bonchev–Trinajstić information content (AvgIpc) is 3.15. The van der Waals surface area contributed by atoms with E-state index in [9.17, 15) is 9.59 Å². The molecule has 1 aromatic heterocycles. The Morgan fingerprint density at radius 1 is 1.36 bits per heavy atom. The van der Waals surface area contributed by atoms with Crippen molar-refractivity contribution in [2.75, 3.05) is 32.6 Å². The molecule has 1 unspecified atom stereocenters. The lowest BCUT2D eigenvalue weighted by Gasteiger charge is -2.20. The number of amides is 2. The van der Waals surface area contributed by atoms with Crippen molar-refractivity contribution in [2.24, 2.45) is 5.73 Å². The number of nitrogens with two attached hydrogens (primary N) is 1. The summed E-state index contributed by atoms with van der Waals surface area (Å²) in [6, 6.07) is 5.25. The summed E-state index contributed by atoms with van der Waals surface area (Å²) < 4.78 is 10.7. The highest BCUT2D eigenvalue weighted by Gasteiger charge is 2.27. The molecule has 2 aromatic rings. The van der Waals surface area contributed by atoms with Crippen molar-refractivity contribution in [2.45, 2.75) is 18.9 Å². The number of fused-ring (bicyclic) bond motifs is 1. The number of ether oxygens (including phenoxy) is 2. The Hall–Kier alpha value is -3.54. The van der Waals surface area contributed by atoms with Crippen LogP contribution in [0.25, 0.3) is 10.9 Å². The van der Waals surface area contributed by atoms with E-state index in [2.05, 4.69) is 10.3 Å². The molecule has 1 fully saturated rings. The number of aromatic nitrogens is 1. The summed E-state index contributed by atoms with van der Waals surface area (Å²) >= 11 is 0. The Labute approximate surface area is 162 Å². The number of carbonyl (C=O) groups is 2. The predicted molar refractivity (Wildman–Crippen MR) is 102 cm³/mol. The smallest absolute Gasteiger partial charge is 0.252 e. The molecule has 0 bridgehead atoms. The molecule has 2 amide bonds. The number of hydrogen-bond donors (Lipinski definition) is 2. The van der Waals surface area contributed by atoms with Gasteiger partial charge in [0.25, 0.3) is 5.91 Å². The highest BCUT2D eigenvalue weighted by molar-refractivity contribution is 6.07. The third-order valence-corrected chi connectivity index (χ3v) is 4.76. The average molecular weight is 383 g/mol. The van der Waals surface area contributed by atoms with Crippen LogP contribution in [0.2, 0.25) is 0 Å².